The van der Waals surface area contributed by atoms with Crippen LogP contribution in [0.25, 0.3) is 0 Å². The average molecular weight is 511 g/mol. The molecule has 3 aromatic carbocycles. The van der Waals surface area contributed by atoms with Crippen molar-refractivity contribution in [1.82, 2.24) is 4.90 Å². The highest BCUT2D eigenvalue weighted by Crippen LogP contribution is 2.43. The number of nitro groups is 1. The standard InChI is InChI=1S/C27H30N2O8/c1-28-9-8-16-11-24(34-3)22(30)14-19(16)21(28)10-17-12-27(26(36-5)15-20(17)29(31)32)37-18-6-7-23(33-2)25(13-18)35-4/h6-7,11-15,21,30H,8-10H2,1-5H3. The molecule has 0 amide bonds. The number of likely N-dealkylation sites (N-methyl/N-ethyl adjacent to an activating group) is 1. The van der Waals surface area contributed by atoms with E-state index in [1.165, 1.54) is 27.4 Å². The summed E-state index contributed by atoms with van der Waals surface area (Å²) in [6.45, 7) is 0.755. The molecule has 0 bridgehead atoms. The fourth-order valence-corrected chi connectivity index (χ4v) is 4.65. The van der Waals surface area contributed by atoms with E-state index in [1.807, 2.05) is 13.1 Å². The minimum absolute atomic E-state index is 0.0308. The van der Waals surface area contributed by atoms with Gasteiger partial charge >= 0.3 is 0 Å². The van der Waals surface area contributed by atoms with E-state index >= 15 is 0 Å². The van der Waals surface area contributed by atoms with E-state index in [4.69, 9.17) is 23.7 Å². The third-order valence-corrected chi connectivity index (χ3v) is 6.62. The van der Waals surface area contributed by atoms with E-state index in [2.05, 4.69) is 4.90 Å². The smallest absolute Gasteiger partial charge is 0.276 e. The fourth-order valence-electron chi connectivity index (χ4n) is 4.65. The van der Waals surface area contributed by atoms with Crippen molar-refractivity contribution < 1.29 is 33.7 Å². The second-order valence-electron chi connectivity index (χ2n) is 8.68. The number of ether oxygens (including phenoxy) is 5. The molecule has 1 unspecified atom stereocenters. The highest BCUT2D eigenvalue weighted by atomic mass is 16.6. The molecule has 10 heteroatoms. The van der Waals surface area contributed by atoms with E-state index in [0.29, 0.717) is 40.7 Å². The second kappa shape index (κ2) is 10.8. The number of fused-ring (bicyclic) bond motifs is 1. The van der Waals surface area contributed by atoms with Crippen molar-refractivity contribution in [2.24, 2.45) is 0 Å². The number of nitro benzene ring substituents is 1. The van der Waals surface area contributed by atoms with Gasteiger partial charge in [0, 0.05) is 24.2 Å². The van der Waals surface area contributed by atoms with Crippen molar-refractivity contribution in [3.8, 4) is 40.2 Å². The summed E-state index contributed by atoms with van der Waals surface area (Å²) in [4.78, 5) is 13.7. The Morgan fingerprint density at radius 3 is 2.24 bits per heavy atom. The Balaban J connectivity index is 1.75. The van der Waals surface area contributed by atoms with Crippen molar-refractivity contribution in [1.29, 1.82) is 0 Å². The predicted molar refractivity (Wildman–Crippen MR) is 137 cm³/mol. The molecule has 0 aliphatic carbocycles. The molecular formula is C27H30N2O8. The summed E-state index contributed by atoms with van der Waals surface area (Å²) in [7, 11) is 7.97. The van der Waals surface area contributed by atoms with Gasteiger partial charge in [0.1, 0.15) is 5.75 Å². The van der Waals surface area contributed by atoms with E-state index < -0.39 is 4.92 Å². The minimum atomic E-state index is -0.423. The van der Waals surface area contributed by atoms with Crippen LogP contribution in [0.3, 0.4) is 0 Å². The molecule has 4 rings (SSSR count). The topological polar surface area (TPSA) is 113 Å². The summed E-state index contributed by atoms with van der Waals surface area (Å²) in [6, 6.07) is 11.4. The Morgan fingerprint density at radius 1 is 0.919 bits per heavy atom. The molecule has 37 heavy (non-hydrogen) atoms. The molecule has 0 radical (unpaired) electrons. The summed E-state index contributed by atoms with van der Waals surface area (Å²) in [6.07, 6.45) is 1.09. The van der Waals surface area contributed by atoms with Crippen LogP contribution in [-0.4, -0.2) is 57.0 Å². The lowest BCUT2D eigenvalue weighted by atomic mass is 9.88. The first-order valence-electron chi connectivity index (χ1n) is 11.6. The summed E-state index contributed by atoms with van der Waals surface area (Å²) in [5.74, 6) is 2.47. The van der Waals surface area contributed by atoms with Gasteiger partial charge in [0.25, 0.3) is 5.69 Å². The van der Waals surface area contributed by atoms with Gasteiger partial charge in [-0.25, -0.2) is 0 Å². The molecule has 1 aliphatic heterocycles. The summed E-state index contributed by atoms with van der Waals surface area (Å²) in [5.41, 5.74) is 2.34. The lowest BCUT2D eigenvalue weighted by Crippen LogP contribution is -2.33. The zero-order chi connectivity index (χ0) is 26.7. The summed E-state index contributed by atoms with van der Waals surface area (Å²) < 4.78 is 27.4. The Labute approximate surface area is 215 Å². The molecule has 1 heterocycles. The maximum Gasteiger partial charge on any atom is 0.276 e. The van der Waals surface area contributed by atoms with Gasteiger partial charge in [-0.2, -0.15) is 0 Å². The van der Waals surface area contributed by atoms with Crippen molar-refractivity contribution in [3.63, 3.8) is 0 Å². The predicted octanol–water partition coefficient (Wildman–Crippen LogP) is 4.90. The SMILES string of the molecule is COc1cc2c(cc1O)C(Cc1cc(Oc3ccc(OC)c(OC)c3)c(OC)cc1[N+](=O)[O-])N(C)CC2. The van der Waals surface area contributed by atoms with Crippen molar-refractivity contribution in [3.05, 3.63) is 69.3 Å². The van der Waals surface area contributed by atoms with Crippen LogP contribution in [-0.2, 0) is 12.8 Å². The molecule has 0 spiro atoms. The number of hydrogen-bond acceptors (Lipinski definition) is 9. The molecule has 0 saturated carbocycles. The number of hydrogen-bond donors (Lipinski definition) is 1. The van der Waals surface area contributed by atoms with E-state index in [9.17, 15) is 15.2 Å². The Bertz CT molecular complexity index is 1310. The Hall–Kier alpha value is -4.18. The first-order chi connectivity index (χ1) is 17.8. The number of rotatable bonds is 9. The number of phenolic OH excluding ortho intramolecular Hbond substituents is 1. The molecule has 0 fully saturated rings. The second-order valence-corrected chi connectivity index (χ2v) is 8.68. The van der Waals surface area contributed by atoms with Crippen LogP contribution in [0.1, 0.15) is 22.7 Å². The monoisotopic (exact) mass is 510 g/mol. The first kappa shape index (κ1) is 25.9. The van der Waals surface area contributed by atoms with E-state index in [-0.39, 0.29) is 23.2 Å². The Morgan fingerprint density at radius 2 is 1.59 bits per heavy atom. The minimum Gasteiger partial charge on any atom is -0.504 e. The lowest BCUT2D eigenvalue weighted by molar-refractivity contribution is -0.385. The van der Waals surface area contributed by atoms with E-state index in [1.54, 1.807) is 37.4 Å². The van der Waals surface area contributed by atoms with Crippen molar-refractivity contribution in [2.45, 2.75) is 18.9 Å². The normalized spacial score (nSPS) is 15.0. The lowest BCUT2D eigenvalue weighted by Gasteiger charge is -2.35. The average Bonchev–Trinajstić information content (AvgIpc) is 2.90. The maximum absolute atomic E-state index is 12.0. The third-order valence-electron chi connectivity index (χ3n) is 6.62. The summed E-state index contributed by atoms with van der Waals surface area (Å²) in [5, 5.41) is 22.5. The van der Waals surface area contributed by atoms with Gasteiger partial charge in [0.05, 0.1) is 39.4 Å². The van der Waals surface area contributed by atoms with Gasteiger partial charge in [-0.1, -0.05) is 0 Å². The van der Waals surface area contributed by atoms with Gasteiger partial charge in [-0.05, 0) is 61.3 Å². The molecule has 10 nitrogen and oxygen atoms in total. The van der Waals surface area contributed by atoms with Crippen LogP contribution in [0, 0.1) is 10.1 Å². The number of phenols is 1. The number of aromatic hydroxyl groups is 1. The summed E-state index contributed by atoms with van der Waals surface area (Å²) >= 11 is 0. The molecule has 1 aliphatic rings. The van der Waals surface area contributed by atoms with Crippen molar-refractivity contribution in [2.75, 3.05) is 42.0 Å². The number of nitrogens with zero attached hydrogens (tertiary/aromatic N) is 2. The quantitative estimate of drug-likeness (QED) is 0.317. The molecular weight excluding hydrogens is 480 g/mol. The van der Waals surface area contributed by atoms with Gasteiger partial charge in [0.15, 0.2) is 34.5 Å². The van der Waals surface area contributed by atoms with Crippen LogP contribution in [0.5, 0.6) is 40.2 Å². The van der Waals surface area contributed by atoms with E-state index in [0.717, 1.165) is 24.1 Å². The van der Waals surface area contributed by atoms with Gasteiger partial charge in [0.2, 0.25) is 0 Å². The van der Waals surface area contributed by atoms with Gasteiger partial charge in [-0.3, -0.25) is 15.0 Å². The zero-order valence-corrected chi connectivity index (χ0v) is 21.4. The van der Waals surface area contributed by atoms with Gasteiger partial charge < -0.3 is 28.8 Å². The molecule has 0 aromatic heterocycles. The highest BCUT2D eigenvalue weighted by Gasteiger charge is 2.30. The van der Waals surface area contributed by atoms with Crippen LogP contribution >= 0.6 is 0 Å². The van der Waals surface area contributed by atoms with Crippen LogP contribution in [0.2, 0.25) is 0 Å². The third kappa shape index (κ3) is 5.19. The molecule has 1 N–H and O–H groups in total. The molecule has 3 aromatic rings. The first-order valence-corrected chi connectivity index (χ1v) is 11.6. The fraction of sp³-hybridized carbons (Fsp3) is 0.333. The van der Waals surface area contributed by atoms with Crippen molar-refractivity contribution >= 4 is 5.69 Å². The van der Waals surface area contributed by atoms with Crippen LogP contribution in [0.15, 0.2) is 42.5 Å². The maximum atomic E-state index is 12.0. The zero-order valence-electron chi connectivity index (χ0n) is 21.4. The van der Waals surface area contributed by atoms with Gasteiger partial charge in [-0.15, -0.1) is 0 Å². The number of benzene rings is 3. The Kier molecular flexibility index (Phi) is 7.58. The molecule has 1 atom stereocenters. The van der Waals surface area contributed by atoms with Crippen LogP contribution < -0.4 is 23.7 Å². The highest BCUT2D eigenvalue weighted by molar-refractivity contribution is 5.57. The largest absolute Gasteiger partial charge is 0.504 e. The van der Waals surface area contributed by atoms with Crippen LogP contribution in [0.4, 0.5) is 5.69 Å². The number of methoxy groups -OCH3 is 4. The molecule has 0 saturated heterocycles. The molecule has 196 valence electrons.